The lowest BCUT2D eigenvalue weighted by Gasteiger charge is -2.35. The van der Waals surface area contributed by atoms with E-state index in [0.29, 0.717) is 5.11 Å². The summed E-state index contributed by atoms with van der Waals surface area (Å²) in [7, 11) is 0. The molecule has 1 aromatic rings. The molecule has 24 heavy (non-hydrogen) atoms. The number of carbonyl (C=O) groups excluding carboxylic acids is 1. The van der Waals surface area contributed by atoms with Crippen LogP contribution < -0.4 is 10.1 Å². The Balaban J connectivity index is 1.63. The van der Waals surface area contributed by atoms with E-state index in [1.807, 2.05) is 29.3 Å². The molecule has 0 aromatic heterocycles. The molecule has 1 amide bonds. The van der Waals surface area contributed by atoms with Crippen LogP contribution in [0, 0.1) is 0 Å². The molecule has 2 aliphatic rings. The molecule has 0 bridgehead atoms. The summed E-state index contributed by atoms with van der Waals surface area (Å²) in [5.74, 6) is 1.06. The van der Waals surface area contributed by atoms with Gasteiger partial charge in [-0.3, -0.25) is 4.79 Å². The first-order valence-corrected chi connectivity index (χ1v) is 8.78. The number of piperazine rings is 1. The third-order valence-electron chi connectivity index (χ3n) is 4.46. The van der Waals surface area contributed by atoms with Crippen molar-refractivity contribution in [2.45, 2.75) is 19.8 Å². The van der Waals surface area contributed by atoms with E-state index in [1.165, 1.54) is 5.57 Å². The van der Waals surface area contributed by atoms with Crippen LogP contribution in [0.15, 0.2) is 30.5 Å². The summed E-state index contributed by atoms with van der Waals surface area (Å²) >= 11 is 5.51. The van der Waals surface area contributed by atoms with E-state index in [2.05, 4.69) is 16.3 Å². The second kappa shape index (κ2) is 7.66. The fourth-order valence-corrected chi connectivity index (χ4v) is 3.29. The van der Waals surface area contributed by atoms with E-state index in [4.69, 9.17) is 17.0 Å². The van der Waals surface area contributed by atoms with Crippen molar-refractivity contribution >= 4 is 28.8 Å². The monoisotopic (exact) mass is 345 g/mol. The minimum atomic E-state index is 0.130. The molecule has 1 aromatic carbocycles. The largest absolute Gasteiger partial charge is 0.493 e. The van der Waals surface area contributed by atoms with Crippen molar-refractivity contribution < 1.29 is 9.53 Å². The fourth-order valence-electron chi connectivity index (χ4n) is 3.05. The van der Waals surface area contributed by atoms with E-state index in [9.17, 15) is 4.79 Å². The van der Waals surface area contributed by atoms with Crippen LogP contribution in [-0.4, -0.2) is 53.6 Å². The van der Waals surface area contributed by atoms with Gasteiger partial charge in [0.2, 0.25) is 5.91 Å². The topological polar surface area (TPSA) is 44.8 Å². The minimum Gasteiger partial charge on any atom is -0.493 e. The second-order valence-electron chi connectivity index (χ2n) is 6.06. The van der Waals surface area contributed by atoms with Gasteiger partial charge in [-0.25, -0.2) is 0 Å². The van der Waals surface area contributed by atoms with Gasteiger partial charge >= 0.3 is 0 Å². The number of para-hydroxylation sites is 1. The molecule has 0 atom stereocenters. The predicted octanol–water partition coefficient (Wildman–Crippen LogP) is 2.24. The maximum absolute atomic E-state index is 11.4. The van der Waals surface area contributed by atoms with Crippen LogP contribution in [-0.2, 0) is 4.79 Å². The van der Waals surface area contributed by atoms with E-state index in [0.717, 1.165) is 56.9 Å². The summed E-state index contributed by atoms with van der Waals surface area (Å²) in [6, 6.07) is 8.12. The van der Waals surface area contributed by atoms with Crippen LogP contribution in [0.4, 0.5) is 0 Å². The first kappa shape index (κ1) is 16.8. The van der Waals surface area contributed by atoms with Gasteiger partial charge in [-0.2, -0.15) is 0 Å². The van der Waals surface area contributed by atoms with Crippen molar-refractivity contribution in [3.63, 3.8) is 0 Å². The van der Waals surface area contributed by atoms with Gasteiger partial charge in [0, 0.05) is 44.9 Å². The Morgan fingerprint density at radius 2 is 1.92 bits per heavy atom. The highest BCUT2D eigenvalue weighted by atomic mass is 32.1. The molecule has 0 spiro atoms. The fraction of sp³-hybridized carbons (Fsp3) is 0.444. The number of allylic oxidation sites excluding steroid dienone is 1. The number of carbonyl (C=O) groups is 1. The van der Waals surface area contributed by atoms with Crippen molar-refractivity contribution in [1.29, 1.82) is 0 Å². The third-order valence-corrected chi connectivity index (χ3v) is 4.84. The standard InChI is InChI=1S/C18H23N3O2S/c1-14(22)20-8-10-21(11-9-20)18(24)19-13-15-5-4-12-23-17-7-3-2-6-16(15)17/h2-3,6-7,13H,4-5,8-12H2,1H3,(H,19,24)/b15-13-. The quantitative estimate of drug-likeness (QED) is 0.791. The van der Waals surface area contributed by atoms with Gasteiger partial charge in [-0.1, -0.05) is 18.2 Å². The maximum atomic E-state index is 11.4. The number of rotatable bonds is 1. The van der Waals surface area contributed by atoms with E-state index < -0.39 is 0 Å². The van der Waals surface area contributed by atoms with E-state index in [1.54, 1.807) is 6.92 Å². The summed E-state index contributed by atoms with van der Waals surface area (Å²) < 4.78 is 5.79. The van der Waals surface area contributed by atoms with Gasteiger partial charge < -0.3 is 19.9 Å². The molecule has 5 nitrogen and oxygen atoms in total. The van der Waals surface area contributed by atoms with Gasteiger partial charge in [0.05, 0.1) is 6.61 Å². The lowest BCUT2D eigenvalue weighted by molar-refractivity contribution is -0.130. The number of ether oxygens (including phenoxy) is 1. The lowest BCUT2D eigenvalue weighted by Crippen LogP contribution is -2.52. The number of benzene rings is 1. The number of hydrogen-bond donors (Lipinski definition) is 1. The zero-order valence-corrected chi connectivity index (χ0v) is 14.8. The minimum absolute atomic E-state index is 0.130. The van der Waals surface area contributed by atoms with Crippen LogP contribution in [0.5, 0.6) is 5.75 Å². The smallest absolute Gasteiger partial charge is 0.219 e. The van der Waals surface area contributed by atoms with Crippen molar-refractivity contribution in [1.82, 2.24) is 15.1 Å². The van der Waals surface area contributed by atoms with Crippen LogP contribution in [0.2, 0.25) is 0 Å². The highest BCUT2D eigenvalue weighted by molar-refractivity contribution is 7.80. The van der Waals surface area contributed by atoms with Gasteiger partial charge in [0.25, 0.3) is 0 Å². The highest BCUT2D eigenvalue weighted by Crippen LogP contribution is 2.31. The number of nitrogens with zero attached hydrogens (tertiary/aromatic N) is 2. The molecule has 1 saturated heterocycles. The first-order valence-electron chi connectivity index (χ1n) is 8.37. The van der Waals surface area contributed by atoms with Crippen molar-refractivity contribution in [2.24, 2.45) is 0 Å². The first-order chi connectivity index (χ1) is 11.6. The average Bonchev–Trinajstić information content (AvgIpc) is 2.82. The second-order valence-corrected chi connectivity index (χ2v) is 6.45. The zero-order chi connectivity index (χ0) is 16.9. The van der Waals surface area contributed by atoms with Crippen LogP contribution >= 0.6 is 12.2 Å². The molecular weight excluding hydrogens is 322 g/mol. The molecule has 1 N–H and O–H groups in total. The van der Waals surface area contributed by atoms with Crippen molar-refractivity contribution in [3.8, 4) is 5.75 Å². The Hall–Kier alpha value is -2.08. The molecule has 0 aliphatic carbocycles. The summed E-state index contributed by atoms with van der Waals surface area (Å²) in [4.78, 5) is 15.4. The molecule has 6 heteroatoms. The predicted molar refractivity (Wildman–Crippen MR) is 98.7 cm³/mol. The number of thiocarbonyl (C=S) groups is 1. The van der Waals surface area contributed by atoms with Crippen LogP contribution in [0.25, 0.3) is 5.57 Å². The third kappa shape index (κ3) is 3.87. The Bertz CT molecular complexity index is 651. The highest BCUT2D eigenvalue weighted by Gasteiger charge is 2.20. The molecule has 2 aliphatic heterocycles. The van der Waals surface area contributed by atoms with Gasteiger partial charge in [0.1, 0.15) is 5.75 Å². The molecule has 128 valence electrons. The van der Waals surface area contributed by atoms with Crippen LogP contribution in [0.1, 0.15) is 25.3 Å². The van der Waals surface area contributed by atoms with Gasteiger partial charge in [-0.05, 0) is 36.7 Å². The van der Waals surface area contributed by atoms with E-state index in [-0.39, 0.29) is 5.91 Å². The molecular formula is C18H23N3O2S. The number of fused-ring (bicyclic) bond motifs is 1. The summed E-state index contributed by atoms with van der Waals surface area (Å²) in [5, 5.41) is 3.99. The number of hydrogen-bond acceptors (Lipinski definition) is 3. The Morgan fingerprint density at radius 3 is 2.67 bits per heavy atom. The maximum Gasteiger partial charge on any atom is 0.219 e. The molecule has 0 unspecified atom stereocenters. The lowest BCUT2D eigenvalue weighted by atomic mass is 10.0. The molecule has 1 fully saturated rings. The number of nitrogens with one attached hydrogen (secondary N) is 1. The molecule has 2 heterocycles. The van der Waals surface area contributed by atoms with Crippen molar-refractivity contribution in [2.75, 3.05) is 32.8 Å². The molecule has 0 saturated carbocycles. The normalized spacial score (nSPS) is 19.3. The summed E-state index contributed by atoms with van der Waals surface area (Å²) in [6.07, 6.45) is 3.96. The summed E-state index contributed by atoms with van der Waals surface area (Å²) in [5.41, 5.74) is 2.35. The molecule has 3 rings (SSSR count). The average molecular weight is 345 g/mol. The Morgan fingerprint density at radius 1 is 1.21 bits per heavy atom. The Labute approximate surface area is 148 Å². The SMILES string of the molecule is CC(=O)N1CCN(C(=S)N/C=C2/CCCOc3ccccc32)CC1. The zero-order valence-electron chi connectivity index (χ0n) is 14.0. The van der Waals surface area contributed by atoms with Gasteiger partial charge in [0.15, 0.2) is 5.11 Å². The summed E-state index contributed by atoms with van der Waals surface area (Å²) in [6.45, 7) is 5.35. The molecule has 0 radical (unpaired) electrons. The van der Waals surface area contributed by atoms with Crippen LogP contribution in [0.3, 0.4) is 0 Å². The number of amides is 1. The van der Waals surface area contributed by atoms with E-state index >= 15 is 0 Å². The van der Waals surface area contributed by atoms with Gasteiger partial charge in [-0.15, -0.1) is 0 Å². The van der Waals surface area contributed by atoms with Crippen molar-refractivity contribution in [3.05, 3.63) is 36.0 Å². The Kier molecular flexibility index (Phi) is 5.35.